The molecule has 1 N–H and O–H groups in total. The van der Waals surface area contributed by atoms with Crippen LogP contribution in [0.15, 0.2) is 11.6 Å². The Balaban J connectivity index is 1.79. The summed E-state index contributed by atoms with van der Waals surface area (Å²) in [6, 6.07) is 0.616. The average Bonchev–Trinajstić information content (AvgIpc) is 2.33. The number of nitrogens with one attached hydrogen (secondary N) is 1. The van der Waals surface area contributed by atoms with E-state index in [0.717, 1.165) is 12.5 Å². The zero-order chi connectivity index (χ0) is 13.5. The molecule has 0 saturated heterocycles. The molecule has 0 radical (unpaired) electrons. The molecule has 2 nitrogen and oxygen atoms in total. The number of hydrogen-bond donors (Lipinski definition) is 1. The van der Waals surface area contributed by atoms with Gasteiger partial charge in [-0.25, -0.2) is 0 Å². The van der Waals surface area contributed by atoms with Crippen LogP contribution in [0, 0.1) is 5.92 Å². The molecule has 1 unspecified atom stereocenters. The van der Waals surface area contributed by atoms with Gasteiger partial charge >= 0.3 is 0 Å². The fraction of sp³-hybridized carbons (Fsp3) is 0.882. The lowest BCUT2D eigenvalue weighted by atomic mass is 9.76. The molecule has 0 heterocycles. The van der Waals surface area contributed by atoms with E-state index in [1.807, 2.05) is 0 Å². The monoisotopic (exact) mass is 265 g/mol. The number of ether oxygens (including phenoxy) is 1. The molecule has 110 valence electrons. The summed E-state index contributed by atoms with van der Waals surface area (Å²) < 4.78 is 5.67. The van der Waals surface area contributed by atoms with E-state index >= 15 is 0 Å². The lowest BCUT2D eigenvalue weighted by molar-refractivity contribution is -0.0280. The van der Waals surface area contributed by atoms with E-state index < -0.39 is 0 Å². The Kier molecular flexibility index (Phi) is 6.39. The molecule has 2 rings (SSSR count). The molecule has 2 heteroatoms. The van der Waals surface area contributed by atoms with E-state index in [1.165, 1.54) is 57.8 Å². The van der Waals surface area contributed by atoms with E-state index in [9.17, 15) is 0 Å². The summed E-state index contributed by atoms with van der Waals surface area (Å²) in [7, 11) is 2.13. The van der Waals surface area contributed by atoms with Gasteiger partial charge in [0, 0.05) is 12.6 Å². The molecule has 0 aromatic carbocycles. The van der Waals surface area contributed by atoms with Gasteiger partial charge < -0.3 is 10.1 Å². The molecule has 1 atom stereocenters. The van der Waals surface area contributed by atoms with E-state index in [2.05, 4.69) is 25.4 Å². The molecule has 0 amide bonds. The lowest BCUT2D eigenvalue weighted by Crippen LogP contribution is -2.38. The van der Waals surface area contributed by atoms with Crippen LogP contribution < -0.4 is 5.32 Å². The van der Waals surface area contributed by atoms with E-state index in [0.29, 0.717) is 12.1 Å². The van der Waals surface area contributed by atoms with Crippen molar-refractivity contribution in [2.75, 3.05) is 13.7 Å². The molecule has 0 aliphatic heterocycles. The molecule has 0 bridgehead atoms. The Labute approximate surface area is 119 Å². The fourth-order valence-electron chi connectivity index (χ4n) is 3.56. The van der Waals surface area contributed by atoms with Gasteiger partial charge in [-0.05, 0) is 64.8 Å². The number of likely N-dealkylation sites (N-methyl/N-ethyl adjacent to an activating group) is 1. The summed E-state index contributed by atoms with van der Waals surface area (Å²) in [5, 5.41) is 3.56. The quantitative estimate of drug-likeness (QED) is 0.731. The van der Waals surface area contributed by atoms with Gasteiger partial charge in [-0.3, -0.25) is 0 Å². The van der Waals surface area contributed by atoms with Gasteiger partial charge in [0.15, 0.2) is 0 Å². The van der Waals surface area contributed by atoms with Crippen molar-refractivity contribution in [3.05, 3.63) is 11.6 Å². The third kappa shape index (κ3) is 4.61. The van der Waals surface area contributed by atoms with Gasteiger partial charge in [0.25, 0.3) is 0 Å². The molecule has 1 saturated carbocycles. The number of hydrogen-bond acceptors (Lipinski definition) is 2. The summed E-state index contributed by atoms with van der Waals surface area (Å²) in [5.74, 6) is 0.875. The smallest absolute Gasteiger partial charge is 0.0580 e. The summed E-state index contributed by atoms with van der Waals surface area (Å²) in [6.45, 7) is 2.97. The van der Waals surface area contributed by atoms with E-state index in [1.54, 1.807) is 5.57 Å². The minimum atomic E-state index is 0.554. The molecular formula is C17H31NO. The van der Waals surface area contributed by atoms with Crippen LogP contribution in [0.5, 0.6) is 0 Å². The Hall–Kier alpha value is -0.340. The van der Waals surface area contributed by atoms with Crippen molar-refractivity contribution < 1.29 is 4.74 Å². The summed E-state index contributed by atoms with van der Waals surface area (Å²) in [6.07, 6.45) is 15.2. The fourth-order valence-corrected chi connectivity index (χ4v) is 3.56. The van der Waals surface area contributed by atoms with Crippen molar-refractivity contribution in [2.24, 2.45) is 5.92 Å². The minimum absolute atomic E-state index is 0.554. The summed E-state index contributed by atoms with van der Waals surface area (Å²) in [5.41, 5.74) is 1.68. The zero-order valence-corrected chi connectivity index (χ0v) is 12.8. The van der Waals surface area contributed by atoms with Crippen molar-refractivity contribution in [1.82, 2.24) is 5.32 Å². The van der Waals surface area contributed by atoms with Gasteiger partial charge in [0.2, 0.25) is 0 Å². The highest BCUT2D eigenvalue weighted by Crippen LogP contribution is 2.35. The van der Waals surface area contributed by atoms with Crippen LogP contribution in [0.25, 0.3) is 0 Å². The van der Waals surface area contributed by atoms with E-state index in [-0.39, 0.29) is 0 Å². The Morgan fingerprint density at radius 2 is 2.05 bits per heavy atom. The normalized spacial score (nSPS) is 29.9. The summed E-state index contributed by atoms with van der Waals surface area (Å²) >= 11 is 0. The topological polar surface area (TPSA) is 21.3 Å². The van der Waals surface area contributed by atoms with Gasteiger partial charge in [-0.1, -0.05) is 24.5 Å². The zero-order valence-electron chi connectivity index (χ0n) is 12.8. The third-order valence-electron chi connectivity index (χ3n) is 4.79. The number of rotatable bonds is 6. The molecular weight excluding hydrogens is 234 g/mol. The SMILES string of the molecule is CCOC1CC(CC(NC)C2=CCCCCCC2)C1. The molecule has 0 aromatic rings. The molecule has 0 aromatic heterocycles. The lowest BCUT2D eigenvalue weighted by Gasteiger charge is -2.37. The third-order valence-corrected chi connectivity index (χ3v) is 4.79. The van der Waals surface area contributed by atoms with Gasteiger partial charge in [0.1, 0.15) is 0 Å². The Morgan fingerprint density at radius 1 is 1.26 bits per heavy atom. The highest BCUT2D eigenvalue weighted by molar-refractivity contribution is 5.12. The molecule has 19 heavy (non-hydrogen) atoms. The van der Waals surface area contributed by atoms with Crippen LogP contribution >= 0.6 is 0 Å². The first-order valence-corrected chi connectivity index (χ1v) is 8.31. The first-order valence-electron chi connectivity index (χ1n) is 8.31. The van der Waals surface area contributed by atoms with Crippen molar-refractivity contribution in [2.45, 2.75) is 76.9 Å². The van der Waals surface area contributed by atoms with Gasteiger partial charge in [-0.2, -0.15) is 0 Å². The maximum atomic E-state index is 5.67. The first-order chi connectivity index (χ1) is 9.33. The van der Waals surface area contributed by atoms with Crippen molar-refractivity contribution in [3.63, 3.8) is 0 Å². The molecule has 1 fully saturated rings. The van der Waals surface area contributed by atoms with Crippen LogP contribution in [0.1, 0.15) is 64.7 Å². The van der Waals surface area contributed by atoms with Gasteiger partial charge in [-0.15, -0.1) is 0 Å². The van der Waals surface area contributed by atoms with Crippen molar-refractivity contribution >= 4 is 0 Å². The van der Waals surface area contributed by atoms with Crippen molar-refractivity contribution in [1.29, 1.82) is 0 Å². The van der Waals surface area contributed by atoms with Crippen LogP contribution in [0.2, 0.25) is 0 Å². The standard InChI is InChI=1S/C17H31NO/c1-3-19-16-11-14(12-16)13-17(18-2)15-9-7-5-4-6-8-10-15/h9,14,16-18H,3-8,10-13H2,1-2H3. The second kappa shape index (κ2) is 8.06. The Morgan fingerprint density at radius 3 is 2.79 bits per heavy atom. The highest BCUT2D eigenvalue weighted by Gasteiger charge is 2.31. The molecule has 2 aliphatic carbocycles. The maximum absolute atomic E-state index is 5.67. The maximum Gasteiger partial charge on any atom is 0.0580 e. The van der Waals surface area contributed by atoms with Crippen molar-refractivity contribution in [3.8, 4) is 0 Å². The van der Waals surface area contributed by atoms with Crippen LogP contribution in [-0.2, 0) is 4.74 Å². The highest BCUT2D eigenvalue weighted by atomic mass is 16.5. The largest absolute Gasteiger partial charge is 0.378 e. The second-order valence-corrected chi connectivity index (χ2v) is 6.22. The van der Waals surface area contributed by atoms with Crippen LogP contribution in [-0.4, -0.2) is 25.8 Å². The minimum Gasteiger partial charge on any atom is -0.378 e. The first kappa shape index (κ1) is 15.1. The van der Waals surface area contributed by atoms with Crippen LogP contribution in [0.4, 0.5) is 0 Å². The Bertz CT molecular complexity index is 281. The average molecular weight is 265 g/mol. The molecule has 2 aliphatic rings. The predicted octanol–water partition coefficient (Wildman–Crippen LogP) is 4.06. The second-order valence-electron chi connectivity index (χ2n) is 6.22. The van der Waals surface area contributed by atoms with Crippen LogP contribution in [0.3, 0.4) is 0 Å². The number of allylic oxidation sites excluding steroid dienone is 1. The molecule has 0 spiro atoms. The summed E-state index contributed by atoms with van der Waals surface area (Å²) in [4.78, 5) is 0. The van der Waals surface area contributed by atoms with Gasteiger partial charge in [0.05, 0.1) is 6.10 Å². The predicted molar refractivity (Wildman–Crippen MR) is 81.4 cm³/mol. The van der Waals surface area contributed by atoms with E-state index in [4.69, 9.17) is 4.74 Å².